The number of hydrogen-bond donors (Lipinski definition) is 0. The van der Waals surface area contributed by atoms with Crippen molar-refractivity contribution in [2.75, 3.05) is 4.90 Å². The van der Waals surface area contributed by atoms with Crippen molar-refractivity contribution in [3.8, 4) is 16.8 Å². The maximum absolute atomic E-state index is 9.59. The van der Waals surface area contributed by atoms with E-state index >= 15 is 0 Å². The first-order valence-electron chi connectivity index (χ1n) is 16.0. The molecule has 0 fully saturated rings. The van der Waals surface area contributed by atoms with Gasteiger partial charge in [0.25, 0.3) is 0 Å². The molecule has 42 heavy (non-hydrogen) atoms. The first kappa shape index (κ1) is 20.3. The number of fused-ring (bicyclic) bond motifs is 4. The number of anilines is 3. The molecule has 0 saturated carbocycles. The molecule has 7 aromatic carbocycles. The average Bonchev–Trinajstić information content (AvgIpc) is 3.43. The van der Waals surface area contributed by atoms with Gasteiger partial charge in [0, 0.05) is 33.5 Å². The van der Waals surface area contributed by atoms with Crippen molar-refractivity contribution < 1.29 is 5.48 Å². The van der Waals surface area contributed by atoms with Gasteiger partial charge in [-0.1, -0.05) is 103 Å². The predicted octanol–water partition coefficient (Wildman–Crippen LogP) is 11.1. The van der Waals surface area contributed by atoms with Crippen LogP contribution in [0.2, 0.25) is 0 Å². The number of rotatable bonds is 5. The van der Waals surface area contributed by atoms with Crippen LogP contribution in [0, 0.1) is 0 Å². The van der Waals surface area contributed by atoms with E-state index in [1.165, 1.54) is 0 Å². The van der Waals surface area contributed by atoms with Crippen molar-refractivity contribution >= 4 is 49.6 Å². The van der Waals surface area contributed by atoms with E-state index in [-0.39, 0.29) is 29.9 Å². The molecule has 2 heteroatoms. The molecule has 0 spiro atoms. The summed E-state index contributed by atoms with van der Waals surface area (Å²) in [5, 5.41) is 4.17. The monoisotopic (exact) mass is 540 g/mol. The van der Waals surface area contributed by atoms with Gasteiger partial charge in [-0.2, -0.15) is 0 Å². The fourth-order valence-corrected chi connectivity index (χ4v) is 5.87. The molecule has 8 rings (SSSR count). The fourth-order valence-electron chi connectivity index (χ4n) is 5.87. The zero-order valence-corrected chi connectivity index (χ0v) is 22.8. The highest BCUT2D eigenvalue weighted by Gasteiger charge is 2.16. The van der Waals surface area contributed by atoms with E-state index in [4.69, 9.17) is 4.11 Å². The summed E-state index contributed by atoms with van der Waals surface area (Å²) in [6, 6.07) is 47.8. The van der Waals surface area contributed by atoms with Crippen LogP contribution in [-0.2, 0) is 0 Å². The summed E-state index contributed by atoms with van der Waals surface area (Å²) in [4.78, 5) is 1.87. The summed E-state index contributed by atoms with van der Waals surface area (Å²) in [6.07, 6.45) is 0. The van der Waals surface area contributed by atoms with Crippen LogP contribution in [0.5, 0.6) is 0 Å². The highest BCUT2D eigenvalue weighted by molar-refractivity contribution is 6.10. The summed E-state index contributed by atoms with van der Waals surface area (Å²) in [7, 11) is 0. The standard InChI is InChI=1S/C40H28N2/c1-3-15-33(16-4-1)41(36-24-22-29-12-7-8-13-30(29)26-36)35-19-11-14-31(27-35)32-23-25-40-38(28-32)37-20-9-10-21-39(37)42(40)34-17-5-2-6-18-34/h1-28H/i11D,14D,19D,27D. The lowest BCUT2D eigenvalue weighted by atomic mass is 10.0. The van der Waals surface area contributed by atoms with E-state index in [1.54, 1.807) is 0 Å². The Kier molecular flexibility index (Phi) is 4.88. The van der Waals surface area contributed by atoms with Crippen LogP contribution in [0.25, 0.3) is 49.4 Å². The van der Waals surface area contributed by atoms with Crippen LogP contribution in [0.4, 0.5) is 17.1 Å². The number of nitrogens with zero attached hydrogens (tertiary/aromatic N) is 2. The van der Waals surface area contributed by atoms with Gasteiger partial charge in [-0.3, -0.25) is 0 Å². The van der Waals surface area contributed by atoms with Gasteiger partial charge in [-0.05, 0) is 88.6 Å². The predicted molar refractivity (Wildman–Crippen MR) is 178 cm³/mol. The van der Waals surface area contributed by atoms with Crippen LogP contribution in [0.15, 0.2) is 170 Å². The maximum Gasteiger partial charge on any atom is 0.0651 e. The third kappa shape index (κ3) is 4.13. The summed E-state index contributed by atoms with van der Waals surface area (Å²) in [6.45, 7) is 0. The molecule has 1 heterocycles. The van der Waals surface area contributed by atoms with E-state index < -0.39 is 0 Å². The van der Waals surface area contributed by atoms with Gasteiger partial charge in [-0.15, -0.1) is 0 Å². The second-order valence-corrected chi connectivity index (χ2v) is 10.3. The Labute approximate surface area is 251 Å². The van der Waals surface area contributed by atoms with Crippen molar-refractivity contribution in [2.45, 2.75) is 0 Å². The van der Waals surface area contributed by atoms with Crippen LogP contribution in [-0.4, -0.2) is 4.57 Å². The Morgan fingerprint density at radius 1 is 0.476 bits per heavy atom. The normalized spacial score (nSPS) is 12.7. The molecule has 0 aliphatic carbocycles. The Balaban J connectivity index is 1.38. The molecule has 0 bridgehead atoms. The Bertz CT molecular complexity index is 2420. The van der Waals surface area contributed by atoms with Crippen LogP contribution in [0.3, 0.4) is 0 Å². The lowest BCUT2D eigenvalue weighted by Gasteiger charge is -2.26. The first-order valence-corrected chi connectivity index (χ1v) is 14.0. The van der Waals surface area contributed by atoms with Gasteiger partial charge in [-0.25, -0.2) is 0 Å². The van der Waals surface area contributed by atoms with Gasteiger partial charge in [0.2, 0.25) is 0 Å². The van der Waals surface area contributed by atoms with Crippen LogP contribution < -0.4 is 4.90 Å². The molecule has 2 nitrogen and oxygen atoms in total. The SMILES string of the molecule is [2H]c1c([2H])c(-c2ccc3c(c2)c2ccccc2n3-c2ccccc2)c([2H])c(N(c2ccccc2)c2ccc3ccccc3c2)c1[2H]. The van der Waals surface area contributed by atoms with Crippen molar-refractivity contribution in [1.29, 1.82) is 0 Å². The van der Waals surface area contributed by atoms with E-state index in [0.29, 0.717) is 11.1 Å². The van der Waals surface area contributed by atoms with E-state index in [1.807, 2.05) is 120 Å². The van der Waals surface area contributed by atoms with Gasteiger partial charge in [0.1, 0.15) is 0 Å². The number of hydrogen-bond acceptors (Lipinski definition) is 1. The zero-order chi connectivity index (χ0) is 31.4. The molecule has 0 atom stereocenters. The van der Waals surface area contributed by atoms with Crippen molar-refractivity contribution in [3.05, 3.63) is 170 Å². The fraction of sp³-hybridized carbons (Fsp3) is 0. The molecule has 0 aliphatic heterocycles. The molecule has 0 N–H and O–H groups in total. The molecular formula is C40H28N2. The number of para-hydroxylation sites is 3. The summed E-state index contributed by atoms with van der Waals surface area (Å²) >= 11 is 0. The Hall–Kier alpha value is -5.60. The molecule has 0 radical (unpaired) electrons. The van der Waals surface area contributed by atoms with Crippen LogP contribution >= 0.6 is 0 Å². The highest BCUT2D eigenvalue weighted by Crippen LogP contribution is 2.39. The second kappa shape index (κ2) is 10.1. The van der Waals surface area contributed by atoms with E-state index in [9.17, 15) is 1.37 Å². The van der Waals surface area contributed by atoms with Gasteiger partial charge >= 0.3 is 0 Å². The van der Waals surface area contributed by atoms with E-state index in [2.05, 4.69) is 34.9 Å². The molecule has 1 aromatic heterocycles. The zero-order valence-electron chi connectivity index (χ0n) is 26.8. The third-order valence-corrected chi connectivity index (χ3v) is 7.82. The van der Waals surface area contributed by atoms with Crippen molar-refractivity contribution in [1.82, 2.24) is 4.57 Å². The van der Waals surface area contributed by atoms with Crippen molar-refractivity contribution in [3.63, 3.8) is 0 Å². The second-order valence-electron chi connectivity index (χ2n) is 10.3. The largest absolute Gasteiger partial charge is 0.310 e. The smallest absolute Gasteiger partial charge is 0.0651 e. The number of benzene rings is 7. The maximum atomic E-state index is 9.59. The summed E-state index contributed by atoms with van der Waals surface area (Å²) < 4.78 is 38.9. The van der Waals surface area contributed by atoms with Gasteiger partial charge < -0.3 is 9.47 Å². The topological polar surface area (TPSA) is 8.17 Å². The van der Waals surface area contributed by atoms with Gasteiger partial charge in [0.15, 0.2) is 0 Å². The summed E-state index contributed by atoms with van der Waals surface area (Å²) in [5.74, 6) is 0. The van der Waals surface area contributed by atoms with Crippen molar-refractivity contribution in [2.24, 2.45) is 0 Å². The van der Waals surface area contributed by atoms with E-state index in [0.717, 1.165) is 49.6 Å². The molecule has 0 saturated heterocycles. The Morgan fingerprint density at radius 2 is 1.19 bits per heavy atom. The molecular weight excluding hydrogens is 508 g/mol. The van der Waals surface area contributed by atoms with Gasteiger partial charge in [0.05, 0.1) is 16.5 Å². The molecule has 0 aliphatic rings. The highest BCUT2D eigenvalue weighted by atomic mass is 15.1. The average molecular weight is 541 g/mol. The number of aromatic nitrogens is 1. The lowest BCUT2D eigenvalue weighted by Crippen LogP contribution is -2.09. The minimum Gasteiger partial charge on any atom is -0.310 e. The molecule has 0 amide bonds. The summed E-state index contributed by atoms with van der Waals surface area (Å²) in [5.41, 5.74) is 5.93. The third-order valence-electron chi connectivity index (χ3n) is 7.82. The minimum absolute atomic E-state index is 0.0363. The lowest BCUT2D eigenvalue weighted by molar-refractivity contribution is 1.18. The minimum atomic E-state index is -0.213. The first-order chi connectivity index (χ1) is 22.5. The molecule has 8 aromatic rings. The van der Waals surface area contributed by atoms with Crippen LogP contribution in [0.1, 0.15) is 5.48 Å². The molecule has 0 unspecified atom stereocenters. The molecule has 198 valence electrons. The Morgan fingerprint density at radius 3 is 2.05 bits per heavy atom. The quantitative estimate of drug-likeness (QED) is 0.211.